The van der Waals surface area contributed by atoms with Crippen molar-refractivity contribution in [1.29, 1.82) is 0 Å². The molecule has 0 unspecified atom stereocenters. The van der Waals surface area contributed by atoms with Crippen molar-refractivity contribution in [2.24, 2.45) is 5.41 Å². The molecule has 0 amide bonds. The molecule has 0 atom stereocenters. The third kappa shape index (κ3) is 3.92. The molecule has 1 fully saturated rings. The Hall–Kier alpha value is -1.15. The van der Waals surface area contributed by atoms with E-state index in [1.165, 1.54) is 19.3 Å². The molecule has 1 saturated heterocycles. The number of likely N-dealkylation sites (tertiary alicyclic amines) is 1. The second-order valence-electron chi connectivity index (χ2n) is 7.04. The summed E-state index contributed by atoms with van der Waals surface area (Å²) in [4.78, 5) is 14.9. The fourth-order valence-corrected chi connectivity index (χ4v) is 2.96. The number of benzene rings is 1. The first kappa shape index (κ1) is 15.2. The molecule has 0 spiro atoms. The van der Waals surface area contributed by atoms with E-state index < -0.39 is 0 Å². The Morgan fingerprint density at radius 2 is 1.95 bits per heavy atom. The minimum atomic E-state index is 0.269. The van der Waals surface area contributed by atoms with Crippen molar-refractivity contribution >= 4 is 5.78 Å². The minimum Gasteiger partial charge on any atom is -0.296 e. The number of rotatable bonds is 3. The van der Waals surface area contributed by atoms with Gasteiger partial charge in [0, 0.05) is 5.56 Å². The average Bonchev–Trinajstić information content (AvgIpc) is 2.54. The van der Waals surface area contributed by atoms with Crippen LogP contribution < -0.4 is 0 Å². The largest absolute Gasteiger partial charge is 0.296 e. The first-order valence-corrected chi connectivity index (χ1v) is 7.70. The molecule has 0 saturated carbocycles. The first-order chi connectivity index (χ1) is 9.37. The molecule has 1 aliphatic heterocycles. The fraction of sp³-hybridized carbons (Fsp3) is 0.611. The second kappa shape index (κ2) is 6.09. The van der Waals surface area contributed by atoms with Crippen LogP contribution in [0.25, 0.3) is 0 Å². The quantitative estimate of drug-likeness (QED) is 0.776. The second-order valence-corrected chi connectivity index (χ2v) is 7.04. The lowest BCUT2D eigenvalue weighted by Crippen LogP contribution is -2.31. The van der Waals surface area contributed by atoms with Gasteiger partial charge in [0.25, 0.3) is 0 Å². The van der Waals surface area contributed by atoms with Crippen LogP contribution in [-0.2, 0) is 0 Å². The number of carbonyl (C=O) groups is 1. The van der Waals surface area contributed by atoms with Crippen molar-refractivity contribution < 1.29 is 4.79 Å². The Morgan fingerprint density at radius 3 is 2.70 bits per heavy atom. The zero-order valence-corrected chi connectivity index (χ0v) is 13.3. The maximum atomic E-state index is 12.5. The van der Waals surface area contributed by atoms with E-state index in [1.54, 1.807) is 0 Å². The molecular formula is C18H27NO. The summed E-state index contributed by atoms with van der Waals surface area (Å²) in [6.07, 6.45) is 3.65. The zero-order valence-electron chi connectivity index (χ0n) is 13.3. The first-order valence-electron chi connectivity index (χ1n) is 7.70. The van der Waals surface area contributed by atoms with Crippen LogP contribution in [0, 0.1) is 19.3 Å². The van der Waals surface area contributed by atoms with Gasteiger partial charge in [-0.3, -0.25) is 9.69 Å². The molecule has 1 heterocycles. The highest BCUT2D eigenvalue weighted by Crippen LogP contribution is 2.29. The van der Waals surface area contributed by atoms with E-state index in [4.69, 9.17) is 0 Å². The molecule has 0 aromatic heterocycles. The molecule has 2 rings (SSSR count). The monoisotopic (exact) mass is 273 g/mol. The van der Waals surface area contributed by atoms with Gasteiger partial charge < -0.3 is 0 Å². The van der Waals surface area contributed by atoms with Gasteiger partial charge in [-0.1, -0.05) is 31.5 Å². The van der Waals surface area contributed by atoms with Crippen LogP contribution in [0.5, 0.6) is 0 Å². The lowest BCUT2D eigenvalue weighted by molar-refractivity contribution is 0.0930. The molecule has 0 radical (unpaired) electrons. The zero-order chi connectivity index (χ0) is 14.8. The van der Waals surface area contributed by atoms with Gasteiger partial charge in [0.1, 0.15) is 0 Å². The normalized spacial score (nSPS) is 19.6. The van der Waals surface area contributed by atoms with Crippen LogP contribution in [-0.4, -0.2) is 30.3 Å². The summed E-state index contributed by atoms with van der Waals surface area (Å²) in [5.41, 5.74) is 3.58. The van der Waals surface area contributed by atoms with Gasteiger partial charge in [0.05, 0.1) is 6.54 Å². The number of nitrogens with zero attached hydrogens (tertiary/aromatic N) is 1. The van der Waals surface area contributed by atoms with E-state index in [0.717, 1.165) is 29.8 Å². The van der Waals surface area contributed by atoms with Crippen molar-refractivity contribution in [2.75, 3.05) is 19.6 Å². The molecule has 2 nitrogen and oxygen atoms in total. The number of hydrogen-bond donors (Lipinski definition) is 0. The van der Waals surface area contributed by atoms with Crippen LogP contribution in [0.2, 0.25) is 0 Å². The summed E-state index contributed by atoms with van der Waals surface area (Å²) < 4.78 is 0. The Bertz CT molecular complexity index is 490. The van der Waals surface area contributed by atoms with Crippen molar-refractivity contribution in [2.45, 2.75) is 47.0 Å². The third-order valence-corrected chi connectivity index (χ3v) is 4.49. The van der Waals surface area contributed by atoms with Gasteiger partial charge in [-0.05, 0) is 63.2 Å². The molecule has 1 aromatic carbocycles. The molecular weight excluding hydrogens is 246 g/mol. The number of Topliss-reactive ketones (excluding diaryl/α,β-unsaturated/α-hetero) is 1. The maximum Gasteiger partial charge on any atom is 0.177 e. The molecule has 110 valence electrons. The molecule has 0 N–H and O–H groups in total. The summed E-state index contributed by atoms with van der Waals surface area (Å²) >= 11 is 0. The predicted octanol–water partition coefficient (Wildman–Crippen LogP) is 4.00. The van der Waals surface area contributed by atoms with Crippen molar-refractivity contribution in [3.8, 4) is 0 Å². The fourth-order valence-electron chi connectivity index (χ4n) is 2.96. The number of ketones is 1. The van der Waals surface area contributed by atoms with Gasteiger partial charge in [-0.15, -0.1) is 0 Å². The molecule has 1 aliphatic rings. The molecule has 2 heteroatoms. The average molecular weight is 273 g/mol. The van der Waals surface area contributed by atoms with Gasteiger partial charge in [-0.2, -0.15) is 0 Å². The Labute approximate surface area is 123 Å². The smallest absolute Gasteiger partial charge is 0.177 e. The maximum absolute atomic E-state index is 12.5. The van der Waals surface area contributed by atoms with Gasteiger partial charge >= 0.3 is 0 Å². The lowest BCUT2D eigenvalue weighted by Gasteiger charge is -2.23. The summed E-state index contributed by atoms with van der Waals surface area (Å²) in [6.45, 7) is 11.4. The Kier molecular flexibility index (Phi) is 4.64. The number of carbonyl (C=O) groups excluding carboxylic acids is 1. The highest BCUT2D eigenvalue weighted by Gasteiger charge is 2.24. The lowest BCUT2D eigenvalue weighted by atomic mass is 9.85. The van der Waals surface area contributed by atoms with Crippen LogP contribution in [0.15, 0.2) is 18.2 Å². The highest BCUT2D eigenvalue weighted by atomic mass is 16.1. The predicted molar refractivity (Wildman–Crippen MR) is 84.3 cm³/mol. The summed E-state index contributed by atoms with van der Waals surface area (Å²) in [5, 5.41) is 0. The van der Waals surface area contributed by atoms with Crippen LogP contribution in [0.4, 0.5) is 0 Å². The number of aryl methyl sites for hydroxylation is 2. The van der Waals surface area contributed by atoms with Crippen LogP contribution in [0.3, 0.4) is 0 Å². The third-order valence-electron chi connectivity index (χ3n) is 4.49. The van der Waals surface area contributed by atoms with E-state index in [1.807, 2.05) is 26.0 Å². The summed E-state index contributed by atoms with van der Waals surface area (Å²) in [7, 11) is 0. The Morgan fingerprint density at radius 1 is 1.20 bits per heavy atom. The summed E-state index contributed by atoms with van der Waals surface area (Å²) in [6, 6.07) is 6.15. The minimum absolute atomic E-state index is 0.269. The Balaban J connectivity index is 2.02. The highest BCUT2D eigenvalue weighted by molar-refractivity contribution is 5.99. The van der Waals surface area contributed by atoms with Crippen molar-refractivity contribution in [3.63, 3.8) is 0 Å². The standard InChI is InChI=1S/C18H27NO/c1-14-6-7-15(2)16(12-14)17(20)13-19-10-5-8-18(3,4)9-11-19/h6-7,12H,5,8-11,13H2,1-4H3. The van der Waals surface area contributed by atoms with Crippen LogP contribution in [0.1, 0.15) is 54.6 Å². The van der Waals surface area contributed by atoms with Crippen LogP contribution >= 0.6 is 0 Å². The van der Waals surface area contributed by atoms with Crippen molar-refractivity contribution in [1.82, 2.24) is 4.90 Å². The van der Waals surface area contributed by atoms with Gasteiger partial charge in [0.15, 0.2) is 5.78 Å². The van der Waals surface area contributed by atoms with E-state index >= 15 is 0 Å². The topological polar surface area (TPSA) is 20.3 Å². The summed E-state index contributed by atoms with van der Waals surface area (Å²) in [5.74, 6) is 0.269. The molecule has 20 heavy (non-hydrogen) atoms. The SMILES string of the molecule is Cc1ccc(C)c(C(=O)CN2CCCC(C)(C)CC2)c1. The number of hydrogen-bond acceptors (Lipinski definition) is 2. The van der Waals surface area contributed by atoms with E-state index in [0.29, 0.717) is 12.0 Å². The molecule has 0 aliphatic carbocycles. The molecule has 0 bridgehead atoms. The molecule has 1 aromatic rings. The van der Waals surface area contributed by atoms with E-state index in [9.17, 15) is 4.79 Å². The van der Waals surface area contributed by atoms with E-state index in [2.05, 4.69) is 24.8 Å². The van der Waals surface area contributed by atoms with Gasteiger partial charge in [0.2, 0.25) is 0 Å². The van der Waals surface area contributed by atoms with E-state index in [-0.39, 0.29) is 5.78 Å². The van der Waals surface area contributed by atoms with Crippen molar-refractivity contribution in [3.05, 3.63) is 34.9 Å². The van der Waals surface area contributed by atoms with Gasteiger partial charge in [-0.25, -0.2) is 0 Å².